The van der Waals surface area contributed by atoms with Gasteiger partial charge in [-0.1, -0.05) is 30.3 Å². The Morgan fingerprint density at radius 3 is 0.547 bits per heavy atom. The number of hydrogen-bond acceptors (Lipinski definition) is 36. The average Bonchev–Trinajstić information content (AvgIpc) is 0.766. The van der Waals surface area contributed by atoms with E-state index >= 15 is 0 Å². The molecule has 1 aromatic rings. The third kappa shape index (κ3) is 19.4. The summed E-state index contributed by atoms with van der Waals surface area (Å²) in [7, 11) is 31.7. The van der Waals surface area contributed by atoms with Crippen molar-refractivity contribution in [2.75, 3.05) is 196 Å². The van der Waals surface area contributed by atoms with E-state index in [2.05, 4.69) is 0 Å². The van der Waals surface area contributed by atoms with Gasteiger partial charge in [0.25, 0.3) is 0 Å². The van der Waals surface area contributed by atoms with E-state index in [-0.39, 0.29) is 46.2 Å². The Kier molecular flexibility index (Phi) is 35.9. The summed E-state index contributed by atoms with van der Waals surface area (Å²) in [6.45, 7) is -0.447. The molecule has 0 radical (unpaired) electrons. The van der Waals surface area contributed by atoms with Gasteiger partial charge in [-0.05, 0) is 0 Å². The maximum absolute atomic E-state index is 7.26. The highest BCUT2D eigenvalue weighted by Crippen LogP contribution is 2.44. The van der Waals surface area contributed by atoms with Crippen LogP contribution in [-0.4, -0.2) is 410 Å². The molecule has 36 atom stereocenters. The molecule has 21 saturated heterocycles. The van der Waals surface area contributed by atoms with Crippen LogP contribution in [0.2, 0.25) is 0 Å². The van der Waals surface area contributed by atoms with Gasteiger partial charge < -0.3 is 171 Å². The molecule has 21 fully saturated rings. The molecule has 614 valence electrons. The van der Waals surface area contributed by atoms with E-state index in [0.717, 1.165) is 0 Å². The number of methoxy groups -OCH3 is 21. The van der Waals surface area contributed by atoms with Gasteiger partial charge in [-0.15, -0.1) is 0 Å². The van der Waals surface area contributed by atoms with Crippen LogP contribution < -0.4 is 0 Å². The molecule has 0 N–H and O–H groups in total. The summed E-state index contributed by atoms with van der Waals surface area (Å²) in [5.41, 5.74) is 0.652. The first-order valence-corrected chi connectivity index (χ1v) is 35.4. The van der Waals surface area contributed by atoms with Crippen molar-refractivity contribution in [3.63, 3.8) is 0 Å². The van der Waals surface area contributed by atoms with Crippen molar-refractivity contribution in [2.24, 2.45) is 0 Å². The van der Waals surface area contributed by atoms with Crippen LogP contribution in [-0.2, 0) is 171 Å². The summed E-state index contributed by atoms with van der Waals surface area (Å²) in [6.07, 6.45) is -38.7. The molecule has 0 aromatic heterocycles. The number of benzene rings is 1. The fraction of sp³-hybridized carbons (Fsp3) is 0.914. The monoisotopic (exact) mass is 1530 g/mol. The van der Waals surface area contributed by atoms with Gasteiger partial charge in [0.1, 0.15) is 171 Å². The minimum absolute atomic E-state index is 0.0472. The normalized spacial score (nSPS) is 43.8. The van der Waals surface area contributed by atoms with Crippen LogP contribution in [0.3, 0.4) is 0 Å². The van der Waals surface area contributed by atoms with E-state index < -0.39 is 221 Å². The second kappa shape index (κ2) is 43.3. The SMILES string of the molecule is COC[C@H]1O[C@@H]2O[C@H]3[C@H](OC)[C@@H](OC)[C@@H](O[C@H]4[C@H](OC)[C@@H](OC)[C@@H](O[C@H]5[C@H](OC)[C@@H](OC)[C@@H](O[C@H]6[C@H](OC)[C@@H](OC(OC)c7ccccc7)[C@@H](O[C@H]7[C@H](OC)[C@@H](OC)[C@@H](O[C@H]8[C@H](OC)[C@@H](OC)[C@@H](O[C@H]1[C@H](OC)[C@H]2OC)O[C@@H]8COC)O[C@@H]7COC)O[C@@H]6COC)O[C@@H]5COC)O[C@@H]4COC)O[C@@H]3COC. The van der Waals surface area contributed by atoms with Gasteiger partial charge in [-0.25, -0.2) is 0 Å². The number of ether oxygens (including phenoxy) is 36. The van der Waals surface area contributed by atoms with Gasteiger partial charge in [0, 0.05) is 155 Å². The van der Waals surface area contributed by atoms with Crippen LogP contribution in [0.4, 0.5) is 0 Å². The van der Waals surface area contributed by atoms with Gasteiger partial charge in [0.15, 0.2) is 50.3 Å². The zero-order chi connectivity index (χ0) is 76.3. The van der Waals surface area contributed by atoms with Crippen LogP contribution in [0, 0.1) is 0 Å². The second-order valence-electron chi connectivity index (χ2n) is 26.4. The van der Waals surface area contributed by atoms with Crippen molar-refractivity contribution < 1.29 is 171 Å². The molecule has 0 amide bonds. The van der Waals surface area contributed by atoms with Crippen LogP contribution in [0.25, 0.3) is 0 Å². The Bertz CT molecular complexity index is 2580. The Morgan fingerprint density at radius 2 is 0.387 bits per heavy atom. The lowest BCUT2D eigenvalue weighted by molar-refractivity contribution is -0.408. The summed E-state index contributed by atoms with van der Waals surface area (Å²) in [6, 6.07) is 9.30. The van der Waals surface area contributed by atoms with E-state index in [4.69, 9.17) is 171 Å². The molecule has 0 spiro atoms. The first kappa shape index (κ1) is 87.7. The Balaban J connectivity index is 1.17. The topological polar surface area (TPSA) is 332 Å². The fourth-order valence-electron chi connectivity index (χ4n) is 15.8. The Hall–Kier alpha value is -2.22. The lowest BCUT2D eigenvalue weighted by Crippen LogP contribution is -2.69. The van der Waals surface area contributed by atoms with Gasteiger partial charge in [-0.3, -0.25) is 0 Å². The molecule has 14 bridgehead atoms. The van der Waals surface area contributed by atoms with Gasteiger partial charge in [-0.2, -0.15) is 0 Å². The van der Waals surface area contributed by atoms with Crippen molar-refractivity contribution in [3.8, 4) is 0 Å². The lowest BCUT2D eigenvalue weighted by Gasteiger charge is -2.52. The zero-order valence-electron chi connectivity index (χ0n) is 64.8. The quantitative estimate of drug-likeness (QED) is 0.0898. The van der Waals surface area contributed by atoms with Crippen molar-refractivity contribution in [1.82, 2.24) is 0 Å². The van der Waals surface area contributed by atoms with E-state index in [0.29, 0.717) is 5.56 Å². The van der Waals surface area contributed by atoms with E-state index in [1.807, 2.05) is 30.3 Å². The molecule has 0 saturated carbocycles. The molecule has 0 aliphatic carbocycles. The van der Waals surface area contributed by atoms with Crippen LogP contribution in [0.15, 0.2) is 30.3 Å². The van der Waals surface area contributed by atoms with Gasteiger partial charge >= 0.3 is 0 Å². The standard InChI is InChI=1S/C70H118O36/c1-71-27-35-42-49(78-8)56(85-15)65(92-35)100-44-37(29-73-3)94-67(58(87-17)51(44)80-10)102-46-39(31-75-5)96-69(60(89-19)53(46)82-12)104-48-41(33-77-7)98-70(62(55(48)84-14)106-63(91-21)34-25-23-22-24-26-34)105-47-40(32-76-6)97-68(61(90-20)54(47)83-13)103-45-38(30-74-4)95-66(59(88-18)52(45)81-11)101-43-36(28-72-2)93-64(99-42)57(86-16)50(43)79-9/h22-26,35-70H,27-33H2,1-21H3/t35-,36-,37-,38-,39-,40-,41-,42-,43-,44-,45-,46-,47-,48-,49+,50+,51+,52+,53+,54+,55+,56-,57-,58-,59-,60-,61-,62-,63?,64-,65-,66-,67-,68-,69-,70-/m1/s1. The second-order valence-corrected chi connectivity index (χ2v) is 26.4. The molecule has 21 aliphatic rings. The predicted molar refractivity (Wildman–Crippen MR) is 359 cm³/mol. The minimum atomic E-state index is -1.37. The molecule has 1 aromatic carbocycles. The molecule has 106 heavy (non-hydrogen) atoms. The number of hydrogen-bond donors (Lipinski definition) is 0. The van der Waals surface area contributed by atoms with E-state index in [1.165, 1.54) is 149 Å². The molecule has 1 unspecified atom stereocenters. The van der Waals surface area contributed by atoms with E-state index in [1.54, 1.807) is 0 Å². The van der Waals surface area contributed by atoms with Crippen LogP contribution >= 0.6 is 0 Å². The third-order valence-corrected chi connectivity index (χ3v) is 20.6. The summed E-state index contributed by atoms with van der Waals surface area (Å²) >= 11 is 0. The molecule has 21 aliphatic heterocycles. The lowest BCUT2D eigenvalue weighted by atomic mass is 9.94. The summed E-state index contributed by atoms with van der Waals surface area (Å²) in [4.78, 5) is 0. The van der Waals surface area contributed by atoms with Gasteiger partial charge in [0.2, 0.25) is 0 Å². The Morgan fingerprint density at radius 1 is 0.217 bits per heavy atom. The van der Waals surface area contributed by atoms with Crippen molar-refractivity contribution in [2.45, 2.75) is 221 Å². The minimum Gasteiger partial charge on any atom is -0.382 e. The first-order valence-electron chi connectivity index (χ1n) is 35.4. The van der Waals surface area contributed by atoms with Crippen molar-refractivity contribution in [3.05, 3.63) is 35.9 Å². The molecule has 36 heteroatoms. The largest absolute Gasteiger partial charge is 0.382 e. The highest BCUT2D eigenvalue weighted by molar-refractivity contribution is 5.16. The fourth-order valence-corrected chi connectivity index (χ4v) is 15.8. The van der Waals surface area contributed by atoms with Crippen LogP contribution in [0.5, 0.6) is 0 Å². The predicted octanol–water partition coefficient (Wildman–Crippen LogP) is 0.221. The van der Waals surface area contributed by atoms with E-state index in [9.17, 15) is 0 Å². The van der Waals surface area contributed by atoms with Crippen molar-refractivity contribution >= 4 is 0 Å². The highest BCUT2D eigenvalue weighted by Gasteiger charge is 2.62. The molecule has 21 heterocycles. The maximum atomic E-state index is 7.26. The molecule has 22 rings (SSSR count). The summed E-state index contributed by atoms with van der Waals surface area (Å²) in [5, 5.41) is 0. The van der Waals surface area contributed by atoms with Crippen LogP contribution in [0.1, 0.15) is 11.9 Å². The highest BCUT2D eigenvalue weighted by atomic mass is 16.8. The number of rotatable bonds is 31. The first-order chi connectivity index (χ1) is 51.7. The molecule has 36 nitrogen and oxygen atoms in total. The summed E-state index contributed by atoms with van der Waals surface area (Å²) in [5.74, 6) is 0. The van der Waals surface area contributed by atoms with Crippen molar-refractivity contribution in [1.29, 1.82) is 0 Å². The maximum Gasteiger partial charge on any atom is 0.187 e. The smallest absolute Gasteiger partial charge is 0.187 e. The third-order valence-electron chi connectivity index (χ3n) is 20.6. The average molecular weight is 1540 g/mol. The Labute approximate surface area is 621 Å². The van der Waals surface area contributed by atoms with Gasteiger partial charge in [0.05, 0.1) is 46.2 Å². The molecular weight excluding hydrogens is 1420 g/mol. The zero-order valence-corrected chi connectivity index (χ0v) is 64.8. The molecular formula is C70H118O36. The summed E-state index contributed by atoms with van der Waals surface area (Å²) < 4.78 is 236.